The number of benzene rings is 2. The maximum atomic E-state index is 11.2. The van der Waals surface area contributed by atoms with E-state index in [1.807, 2.05) is 42.5 Å². The lowest BCUT2D eigenvalue weighted by Crippen LogP contribution is -2.38. The van der Waals surface area contributed by atoms with Gasteiger partial charge in [-0.15, -0.1) is 0 Å². The molecule has 0 aliphatic carbocycles. The molecule has 2 aromatic carbocycles. The van der Waals surface area contributed by atoms with E-state index in [4.69, 9.17) is 26.3 Å². The zero-order valence-electron chi connectivity index (χ0n) is 22.3. The number of hydrogen-bond donors (Lipinski definition) is 3. The molecule has 5 rings (SSSR count). The number of H-pyrrole nitrogens is 1. The van der Waals surface area contributed by atoms with Crippen LogP contribution in [0.2, 0.25) is 5.02 Å². The molecular formula is C30H35ClN6O2. The van der Waals surface area contributed by atoms with Crippen LogP contribution in [0.25, 0.3) is 22.4 Å². The molecule has 1 amide bonds. The highest BCUT2D eigenvalue weighted by atomic mass is 35.5. The number of rotatable bonds is 11. The number of nitrogens with zero attached hydrogens (tertiary/aromatic N) is 3. The van der Waals surface area contributed by atoms with E-state index in [2.05, 4.69) is 38.7 Å². The molecular weight excluding hydrogens is 512 g/mol. The predicted molar refractivity (Wildman–Crippen MR) is 156 cm³/mol. The van der Waals surface area contributed by atoms with Gasteiger partial charge in [0.15, 0.2) is 5.82 Å². The van der Waals surface area contributed by atoms with Gasteiger partial charge in [0.1, 0.15) is 11.5 Å². The Morgan fingerprint density at radius 3 is 2.67 bits per heavy atom. The first-order chi connectivity index (χ1) is 19.0. The van der Waals surface area contributed by atoms with Crippen LogP contribution >= 0.6 is 11.6 Å². The molecule has 0 bridgehead atoms. The summed E-state index contributed by atoms with van der Waals surface area (Å²) in [5.41, 5.74) is 3.96. The Balaban J connectivity index is 1.19. The maximum Gasteiger partial charge on any atom is 0.216 e. The van der Waals surface area contributed by atoms with Crippen LogP contribution in [0.5, 0.6) is 0 Å². The molecule has 3 N–H and O–H groups in total. The van der Waals surface area contributed by atoms with Crippen LogP contribution in [-0.2, 0) is 22.6 Å². The van der Waals surface area contributed by atoms with Crippen LogP contribution in [0, 0.1) is 0 Å². The summed E-state index contributed by atoms with van der Waals surface area (Å²) in [5.74, 6) is 1.33. The monoisotopic (exact) mass is 546 g/mol. The standard InChI is InChI=1S/C30H35ClN6O2/c1-21(38)32-13-14-33-29-27-19-25(34-30(27)36-28(35-29)23-7-3-2-4-8-23)20-39-26-11-16-37(17-12-26)15-10-22-6-5-9-24(31)18-22/h2-9,18-19,26H,10-17,20H2,1H3,(H,32,38)(H2,33,34,35,36). The van der Waals surface area contributed by atoms with Crippen molar-refractivity contribution < 1.29 is 9.53 Å². The van der Waals surface area contributed by atoms with Gasteiger partial charge in [-0.2, -0.15) is 0 Å². The number of ether oxygens (including phenoxy) is 1. The van der Waals surface area contributed by atoms with Crippen molar-refractivity contribution in [1.82, 2.24) is 25.2 Å². The Kier molecular flexibility index (Phi) is 9.08. The molecule has 1 saturated heterocycles. The predicted octanol–water partition coefficient (Wildman–Crippen LogP) is 5.05. The molecule has 0 unspecified atom stereocenters. The van der Waals surface area contributed by atoms with Crippen molar-refractivity contribution in [2.75, 3.05) is 38.0 Å². The Hall–Kier alpha value is -3.46. The number of likely N-dealkylation sites (tertiary alicyclic amines) is 1. The van der Waals surface area contributed by atoms with Crippen molar-refractivity contribution in [2.24, 2.45) is 0 Å². The average Bonchev–Trinajstić information content (AvgIpc) is 3.37. The SMILES string of the molecule is CC(=O)NCCNc1nc(-c2ccccc2)nc2[nH]c(COC3CCN(CCc4cccc(Cl)c4)CC3)cc12. The van der Waals surface area contributed by atoms with Crippen molar-refractivity contribution in [3.05, 3.63) is 76.9 Å². The summed E-state index contributed by atoms with van der Waals surface area (Å²) in [4.78, 5) is 26.8. The molecule has 4 aromatic rings. The second kappa shape index (κ2) is 13.1. The third-order valence-corrected chi connectivity index (χ3v) is 7.22. The molecule has 1 aliphatic rings. The third-order valence-electron chi connectivity index (χ3n) is 6.98. The highest BCUT2D eigenvalue weighted by Gasteiger charge is 2.20. The summed E-state index contributed by atoms with van der Waals surface area (Å²) < 4.78 is 6.31. The van der Waals surface area contributed by atoms with Crippen LogP contribution in [0.15, 0.2) is 60.7 Å². The zero-order valence-corrected chi connectivity index (χ0v) is 23.0. The van der Waals surface area contributed by atoms with Crippen LogP contribution < -0.4 is 10.6 Å². The van der Waals surface area contributed by atoms with Crippen molar-refractivity contribution in [3.63, 3.8) is 0 Å². The molecule has 1 aliphatic heterocycles. The van der Waals surface area contributed by atoms with Gasteiger partial charge in [0, 0.05) is 55.9 Å². The van der Waals surface area contributed by atoms with Crippen LogP contribution in [0.3, 0.4) is 0 Å². The Labute approximate surface area is 234 Å². The number of carbonyl (C=O) groups is 1. The molecule has 8 nitrogen and oxygen atoms in total. The quantitative estimate of drug-likeness (QED) is 0.228. The number of aromatic nitrogens is 3. The number of hydrogen-bond acceptors (Lipinski definition) is 6. The molecule has 39 heavy (non-hydrogen) atoms. The minimum atomic E-state index is -0.0531. The van der Waals surface area contributed by atoms with E-state index < -0.39 is 0 Å². The van der Waals surface area contributed by atoms with Crippen LogP contribution in [0.1, 0.15) is 31.0 Å². The molecule has 0 saturated carbocycles. The van der Waals surface area contributed by atoms with E-state index in [1.165, 1.54) is 12.5 Å². The number of carbonyl (C=O) groups excluding carboxylic acids is 1. The van der Waals surface area contributed by atoms with E-state index in [1.54, 1.807) is 0 Å². The second-order valence-electron chi connectivity index (χ2n) is 9.96. The summed E-state index contributed by atoms with van der Waals surface area (Å²) in [7, 11) is 0. The van der Waals surface area contributed by atoms with E-state index in [-0.39, 0.29) is 12.0 Å². The molecule has 0 radical (unpaired) electrons. The fourth-order valence-electron chi connectivity index (χ4n) is 4.90. The lowest BCUT2D eigenvalue weighted by Gasteiger charge is -2.31. The van der Waals surface area contributed by atoms with Crippen LogP contribution in [-0.4, -0.2) is 64.6 Å². The lowest BCUT2D eigenvalue weighted by atomic mass is 10.1. The molecule has 3 heterocycles. The van der Waals surface area contributed by atoms with Gasteiger partial charge in [-0.1, -0.05) is 54.1 Å². The number of piperidine rings is 1. The van der Waals surface area contributed by atoms with Crippen molar-refractivity contribution in [3.8, 4) is 11.4 Å². The molecule has 0 atom stereocenters. The maximum absolute atomic E-state index is 11.2. The fourth-order valence-corrected chi connectivity index (χ4v) is 5.11. The van der Waals surface area contributed by atoms with Gasteiger partial charge in [-0.3, -0.25) is 4.79 Å². The van der Waals surface area contributed by atoms with E-state index >= 15 is 0 Å². The minimum Gasteiger partial charge on any atom is -0.372 e. The van der Waals surface area contributed by atoms with E-state index in [9.17, 15) is 4.79 Å². The zero-order chi connectivity index (χ0) is 27.0. The molecule has 9 heteroatoms. The third kappa shape index (κ3) is 7.56. The minimum absolute atomic E-state index is 0.0531. The Morgan fingerprint density at radius 1 is 1.08 bits per heavy atom. The fraction of sp³-hybridized carbons (Fsp3) is 0.367. The summed E-state index contributed by atoms with van der Waals surface area (Å²) >= 11 is 6.12. The van der Waals surface area contributed by atoms with E-state index in [0.29, 0.717) is 25.5 Å². The number of aromatic amines is 1. The smallest absolute Gasteiger partial charge is 0.216 e. The molecule has 2 aromatic heterocycles. The van der Waals surface area contributed by atoms with Gasteiger partial charge in [-0.05, 0) is 43.0 Å². The molecule has 0 spiro atoms. The first kappa shape index (κ1) is 27.1. The van der Waals surface area contributed by atoms with Gasteiger partial charge < -0.3 is 25.3 Å². The molecule has 204 valence electrons. The largest absolute Gasteiger partial charge is 0.372 e. The van der Waals surface area contributed by atoms with Gasteiger partial charge in [-0.25, -0.2) is 9.97 Å². The Bertz CT molecular complexity index is 1380. The van der Waals surface area contributed by atoms with Gasteiger partial charge in [0.05, 0.1) is 18.1 Å². The highest BCUT2D eigenvalue weighted by Crippen LogP contribution is 2.26. The number of halogens is 1. The van der Waals surface area contributed by atoms with Gasteiger partial charge in [0.25, 0.3) is 0 Å². The summed E-state index contributed by atoms with van der Waals surface area (Å²) in [6.45, 7) is 6.19. The van der Waals surface area contributed by atoms with Crippen molar-refractivity contribution >= 4 is 34.4 Å². The number of nitrogens with one attached hydrogen (secondary N) is 3. The number of anilines is 1. The summed E-state index contributed by atoms with van der Waals surface area (Å²) in [6.07, 6.45) is 3.28. The van der Waals surface area contributed by atoms with Gasteiger partial charge >= 0.3 is 0 Å². The second-order valence-corrected chi connectivity index (χ2v) is 10.4. The Morgan fingerprint density at radius 2 is 1.90 bits per heavy atom. The average molecular weight is 547 g/mol. The topological polar surface area (TPSA) is 95.2 Å². The highest BCUT2D eigenvalue weighted by molar-refractivity contribution is 6.30. The van der Waals surface area contributed by atoms with Crippen molar-refractivity contribution in [1.29, 1.82) is 0 Å². The van der Waals surface area contributed by atoms with Crippen molar-refractivity contribution in [2.45, 2.75) is 38.9 Å². The van der Waals surface area contributed by atoms with Crippen LogP contribution in [0.4, 0.5) is 5.82 Å². The number of amides is 1. The molecule has 1 fully saturated rings. The normalized spacial score (nSPS) is 14.5. The number of fused-ring (bicyclic) bond motifs is 1. The first-order valence-electron chi connectivity index (χ1n) is 13.6. The van der Waals surface area contributed by atoms with E-state index in [0.717, 1.165) is 72.0 Å². The first-order valence-corrected chi connectivity index (χ1v) is 13.9. The summed E-state index contributed by atoms with van der Waals surface area (Å²) in [5, 5.41) is 7.88. The summed E-state index contributed by atoms with van der Waals surface area (Å²) in [6, 6.07) is 20.1. The van der Waals surface area contributed by atoms with Gasteiger partial charge in [0.2, 0.25) is 5.91 Å². The lowest BCUT2D eigenvalue weighted by molar-refractivity contribution is -0.118.